The van der Waals surface area contributed by atoms with Crippen molar-refractivity contribution in [1.29, 1.82) is 0 Å². The Bertz CT molecular complexity index is 479. The number of thioether (sulfide) groups is 1. The first kappa shape index (κ1) is 14.1. The van der Waals surface area contributed by atoms with E-state index in [1.54, 1.807) is 0 Å². The molecule has 0 bridgehead atoms. The Morgan fingerprint density at radius 2 is 2.05 bits per heavy atom. The number of nitrogens with zero attached hydrogens (tertiary/aromatic N) is 3. The Morgan fingerprint density at radius 1 is 1.32 bits per heavy atom. The van der Waals surface area contributed by atoms with E-state index in [-0.39, 0.29) is 11.4 Å². The smallest absolute Gasteiger partial charge is 0.344 e. The molecule has 1 aromatic rings. The summed E-state index contributed by atoms with van der Waals surface area (Å²) in [7, 11) is 0. The lowest BCUT2D eigenvalue weighted by atomic mass is 10.1. The van der Waals surface area contributed by atoms with Crippen LogP contribution in [0.4, 0.5) is 0 Å². The zero-order valence-electron chi connectivity index (χ0n) is 10.7. The van der Waals surface area contributed by atoms with Crippen LogP contribution in [0.25, 0.3) is 0 Å². The van der Waals surface area contributed by atoms with Crippen molar-refractivity contribution in [3.05, 3.63) is 10.5 Å². The first-order chi connectivity index (χ1) is 9.16. The summed E-state index contributed by atoms with van der Waals surface area (Å²) in [5, 5.41) is 15.3. The number of hydrogen-bond acceptors (Lipinski definition) is 5. The summed E-state index contributed by atoms with van der Waals surface area (Å²) in [6.45, 7) is 3.51. The Kier molecular flexibility index (Phi) is 5.03. The molecule has 1 aliphatic heterocycles. The van der Waals surface area contributed by atoms with Crippen LogP contribution in [0, 0.1) is 0 Å². The van der Waals surface area contributed by atoms with Gasteiger partial charge in [-0.2, -0.15) is 0 Å². The zero-order chi connectivity index (χ0) is 13.7. The summed E-state index contributed by atoms with van der Waals surface area (Å²) < 4.78 is 1.52. The molecule has 1 aromatic heterocycles. The summed E-state index contributed by atoms with van der Waals surface area (Å²) in [6, 6.07) is 0. The van der Waals surface area contributed by atoms with Gasteiger partial charge in [-0.25, -0.2) is 9.89 Å². The molecule has 0 atom stereocenters. The second kappa shape index (κ2) is 6.76. The van der Waals surface area contributed by atoms with Gasteiger partial charge < -0.3 is 10.0 Å². The molecule has 106 valence electrons. The van der Waals surface area contributed by atoms with Gasteiger partial charge in [0.05, 0.1) is 5.75 Å². The molecule has 0 aromatic carbocycles. The highest BCUT2D eigenvalue weighted by molar-refractivity contribution is 7.99. The van der Waals surface area contributed by atoms with E-state index in [4.69, 9.17) is 5.11 Å². The SMILES string of the molecule is O=C(O)CSc1n[nH]c(=O)n1CCN1CCCCC1. The fourth-order valence-electron chi connectivity index (χ4n) is 2.16. The van der Waals surface area contributed by atoms with Crippen LogP contribution in [-0.2, 0) is 11.3 Å². The number of rotatable bonds is 6. The summed E-state index contributed by atoms with van der Waals surface area (Å²) >= 11 is 1.07. The van der Waals surface area contributed by atoms with Crippen LogP contribution >= 0.6 is 11.8 Å². The van der Waals surface area contributed by atoms with Gasteiger partial charge in [-0.1, -0.05) is 18.2 Å². The molecule has 2 rings (SSSR count). The van der Waals surface area contributed by atoms with Gasteiger partial charge in [-0.15, -0.1) is 5.10 Å². The molecule has 2 heterocycles. The molecule has 0 aliphatic carbocycles. The molecule has 0 spiro atoms. The highest BCUT2D eigenvalue weighted by Gasteiger charge is 2.14. The molecule has 0 saturated carbocycles. The lowest BCUT2D eigenvalue weighted by Gasteiger charge is -2.26. The summed E-state index contributed by atoms with van der Waals surface area (Å²) in [5.74, 6) is -1.00. The molecule has 1 fully saturated rings. The molecule has 0 amide bonds. The number of likely N-dealkylation sites (tertiary alicyclic amines) is 1. The molecule has 2 N–H and O–H groups in total. The number of piperidine rings is 1. The van der Waals surface area contributed by atoms with Gasteiger partial charge in [-0.3, -0.25) is 9.36 Å². The maximum Gasteiger partial charge on any atom is 0.344 e. The quantitative estimate of drug-likeness (QED) is 0.728. The summed E-state index contributed by atoms with van der Waals surface area (Å²) in [5.41, 5.74) is -0.273. The number of nitrogens with one attached hydrogen (secondary N) is 1. The fraction of sp³-hybridized carbons (Fsp3) is 0.727. The number of carboxylic acids is 1. The van der Waals surface area contributed by atoms with Crippen LogP contribution in [0.5, 0.6) is 0 Å². The molecule has 0 radical (unpaired) electrons. The van der Waals surface area contributed by atoms with Gasteiger partial charge in [0.15, 0.2) is 5.16 Å². The maximum atomic E-state index is 11.6. The fourth-order valence-corrected chi connectivity index (χ4v) is 2.85. The minimum absolute atomic E-state index is 0.0893. The van der Waals surface area contributed by atoms with Crippen LogP contribution in [0.1, 0.15) is 19.3 Å². The maximum absolute atomic E-state index is 11.6. The number of aliphatic carboxylic acids is 1. The lowest BCUT2D eigenvalue weighted by Crippen LogP contribution is -2.34. The number of aromatic amines is 1. The van der Waals surface area contributed by atoms with Crippen molar-refractivity contribution in [2.45, 2.75) is 31.0 Å². The van der Waals surface area contributed by atoms with Crippen LogP contribution in [-0.4, -0.2) is 56.1 Å². The number of H-pyrrole nitrogens is 1. The first-order valence-corrected chi connectivity index (χ1v) is 7.37. The predicted molar refractivity (Wildman–Crippen MR) is 71.5 cm³/mol. The normalized spacial score (nSPS) is 16.6. The van der Waals surface area contributed by atoms with Crippen LogP contribution in [0.3, 0.4) is 0 Å². The Balaban J connectivity index is 1.92. The van der Waals surface area contributed by atoms with E-state index in [1.165, 1.54) is 23.8 Å². The van der Waals surface area contributed by atoms with Gasteiger partial charge in [-0.05, 0) is 25.9 Å². The second-order valence-electron chi connectivity index (χ2n) is 4.55. The average molecular weight is 286 g/mol. The predicted octanol–water partition coefficient (Wildman–Crippen LogP) is 0.234. The van der Waals surface area contributed by atoms with Crippen molar-refractivity contribution in [2.75, 3.05) is 25.4 Å². The standard InChI is InChI=1S/C11H18N4O3S/c16-9(17)8-19-11-13-12-10(18)15(11)7-6-14-4-2-1-3-5-14/h1-8H2,(H,12,18)(H,16,17). The summed E-state index contributed by atoms with van der Waals surface area (Å²) in [4.78, 5) is 24.5. The van der Waals surface area contributed by atoms with Crippen molar-refractivity contribution in [2.24, 2.45) is 0 Å². The largest absolute Gasteiger partial charge is 0.481 e. The number of hydrogen-bond donors (Lipinski definition) is 2. The lowest BCUT2D eigenvalue weighted by molar-refractivity contribution is -0.133. The van der Waals surface area contributed by atoms with E-state index in [1.807, 2.05) is 0 Å². The molecule has 1 aliphatic rings. The molecule has 0 unspecified atom stereocenters. The third-order valence-electron chi connectivity index (χ3n) is 3.14. The third-order valence-corrected chi connectivity index (χ3v) is 4.10. The Hall–Kier alpha value is -1.28. The molecular weight excluding hydrogens is 268 g/mol. The van der Waals surface area contributed by atoms with Crippen molar-refractivity contribution < 1.29 is 9.90 Å². The van der Waals surface area contributed by atoms with Gasteiger partial charge in [0, 0.05) is 13.1 Å². The van der Waals surface area contributed by atoms with Crippen molar-refractivity contribution in [3.8, 4) is 0 Å². The molecule has 1 saturated heterocycles. The van der Waals surface area contributed by atoms with E-state index in [9.17, 15) is 9.59 Å². The monoisotopic (exact) mass is 286 g/mol. The number of carbonyl (C=O) groups is 1. The average Bonchev–Trinajstić information content (AvgIpc) is 2.76. The van der Waals surface area contributed by atoms with Gasteiger partial charge >= 0.3 is 11.7 Å². The second-order valence-corrected chi connectivity index (χ2v) is 5.49. The topological polar surface area (TPSA) is 91.2 Å². The molecule has 19 heavy (non-hydrogen) atoms. The van der Waals surface area contributed by atoms with E-state index in [2.05, 4.69) is 15.1 Å². The highest BCUT2D eigenvalue weighted by Crippen LogP contribution is 2.13. The zero-order valence-corrected chi connectivity index (χ0v) is 11.5. The molecule has 8 heteroatoms. The Morgan fingerprint density at radius 3 is 2.74 bits per heavy atom. The highest BCUT2D eigenvalue weighted by atomic mass is 32.2. The van der Waals surface area contributed by atoms with Crippen LogP contribution in [0.2, 0.25) is 0 Å². The van der Waals surface area contributed by atoms with Crippen molar-refractivity contribution in [3.63, 3.8) is 0 Å². The van der Waals surface area contributed by atoms with Crippen LogP contribution < -0.4 is 5.69 Å². The van der Waals surface area contributed by atoms with E-state index in [0.717, 1.165) is 31.4 Å². The number of aromatic nitrogens is 3. The first-order valence-electron chi connectivity index (χ1n) is 6.39. The Labute approximate surface area is 115 Å². The van der Waals surface area contributed by atoms with E-state index < -0.39 is 5.97 Å². The third kappa shape index (κ3) is 4.10. The van der Waals surface area contributed by atoms with E-state index >= 15 is 0 Å². The van der Waals surface area contributed by atoms with Crippen molar-refractivity contribution >= 4 is 17.7 Å². The minimum atomic E-state index is -0.914. The van der Waals surface area contributed by atoms with Gasteiger partial charge in [0.1, 0.15) is 0 Å². The molecule has 7 nitrogen and oxygen atoms in total. The minimum Gasteiger partial charge on any atom is -0.481 e. The van der Waals surface area contributed by atoms with E-state index in [0.29, 0.717) is 11.7 Å². The molecular formula is C11H18N4O3S. The summed E-state index contributed by atoms with van der Waals surface area (Å²) in [6.07, 6.45) is 3.70. The number of carboxylic acid groups (broad SMARTS) is 1. The van der Waals surface area contributed by atoms with Crippen molar-refractivity contribution in [1.82, 2.24) is 19.7 Å². The van der Waals surface area contributed by atoms with Gasteiger partial charge in [0.2, 0.25) is 0 Å². The van der Waals surface area contributed by atoms with Crippen LogP contribution in [0.15, 0.2) is 9.95 Å². The van der Waals surface area contributed by atoms with Gasteiger partial charge in [0.25, 0.3) is 0 Å².